The van der Waals surface area contributed by atoms with Crippen LogP contribution in [0, 0.1) is 6.92 Å². The number of aromatic nitrogens is 1. The first-order valence-corrected chi connectivity index (χ1v) is 9.06. The molecule has 0 saturated heterocycles. The lowest BCUT2D eigenvalue weighted by atomic mass is 10.1. The number of rotatable bonds is 4. The second-order valence-corrected chi connectivity index (χ2v) is 7.50. The molecule has 0 unspecified atom stereocenters. The van der Waals surface area contributed by atoms with Crippen LogP contribution in [-0.2, 0) is 10.0 Å². The molecule has 0 atom stereocenters. The molecule has 0 fully saturated rings. The fraction of sp³-hybridized carbons (Fsp3) is 0.105. The fourth-order valence-corrected chi connectivity index (χ4v) is 3.66. The Morgan fingerprint density at radius 2 is 1.46 bits per heavy atom. The van der Waals surface area contributed by atoms with Gasteiger partial charge < -0.3 is 0 Å². The Bertz CT molecular complexity index is 937. The summed E-state index contributed by atoms with van der Waals surface area (Å²) in [6.07, 6.45) is 1.74. The van der Waals surface area contributed by atoms with Gasteiger partial charge in [-0.2, -0.15) is 8.42 Å². The molecular weight excluding hydrogens is 320 g/mol. The molecule has 0 aliphatic carbocycles. The van der Waals surface area contributed by atoms with Gasteiger partial charge in [-0.3, -0.25) is 0 Å². The molecule has 0 bridgehead atoms. The maximum absolute atomic E-state index is 12.9. The van der Waals surface area contributed by atoms with Gasteiger partial charge in [0.2, 0.25) is 11.9 Å². The van der Waals surface area contributed by atoms with Crippen molar-refractivity contribution in [3.63, 3.8) is 0 Å². The zero-order valence-corrected chi connectivity index (χ0v) is 14.4. The first-order valence-electron chi connectivity index (χ1n) is 7.62. The molecular formula is C19H19N2O2S+. The third-order valence-corrected chi connectivity index (χ3v) is 5.62. The van der Waals surface area contributed by atoms with Crippen molar-refractivity contribution < 1.29 is 13.1 Å². The predicted octanol–water partition coefficient (Wildman–Crippen LogP) is 2.91. The number of aryl methyl sites for hydroxylation is 1. The summed E-state index contributed by atoms with van der Waals surface area (Å²) in [6.45, 7) is 1.93. The molecule has 3 rings (SSSR count). The maximum Gasteiger partial charge on any atom is 0.308 e. The van der Waals surface area contributed by atoms with Gasteiger partial charge in [0.1, 0.15) is 0 Å². The van der Waals surface area contributed by atoms with Gasteiger partial charge in [0, 0.05) is 17.7 Å². The van der Waals surface area contributed by atoms with Crippen LogP contribution >= 0.6 is 0 Å². The van der Waals surface area contributed by atoms with Crippen LogP contribution in [0.2, 0.25) is 0 Å². The highest BCUT2D eigenvalue weighted by Gasteiger charge is 2.29. The van der Waals surface area contributed by atoms with Gasteiger partial charge in [-0.05, 0) is 37.3 Å². The van der Waals surface area contributed by atoms with Crippen molar-refractivity contribution in [2.45, 2.75) is 11.8 Å². The minimum atomic E-state index is -3.64. The van der Waals surface area contributed by atoms with Crippen molar-refractivity contribution >= 4 is 10.0 Å². The molecule has 2 aromatic carbocycles. The molecule has 4 nitrogen and oxygen atoms in total. The lowest BCUT2D eigenvalue weighted by molar-refractivity contribution is -0.662. The van der Waals surface area contributed by atoms with Crippen LogP contribution < -0.4 is 9.09 Å². The lowest BCUT2D eigenvalue weighted by Gasteiger charge is -2.15. The van der Waals surface area contributed by atoms with Crippen LogP contribution in [0.25, 0.3) is 11.3 Å². The minimum absolute atomic E-state index is 0.269. The maximum atomic E-state index is 12.9. The second kappa shape index (κ2) is 6.45. The van der Waals surface area contributed by atoms with Crippen molar-refractivity contribution in [3.05, 3.63) is 84.6 Å². The van der Waals surface area contributed by atoms with E-state index in [-0.39, 0.29) is 4.90 Å². The van der Waals surface area contributed by atoms with E-state index in [1.165, 1.54) is 4.41 Å². The van der Waals surface area contributed by atoms with E-state index in [2.05, 4.69) is 0 Å². The van der Waals surface area contributed by atoms with Gasteiger partial charge in [0.15, 0.2) is 0 Å². The van der Waals surface area contributed by atoms with Crippen LogP contribution in [0.3, 0.4) is 0 Å². The van der Waals surface area contributed by atoms with Gasteiger partial charge in [-0.15, -0.1) is 0 Å². The highest BCUT2D eigenvalue weighted by atomic mass is 32.2. The molecule has 122 valence electrons. The van der Waals surface area contributed by atoms with Crippen molar-refractivity contribution in [2.75, 3.05) is 11.5 Å². The Labute approximate surface area is 142 Å². The average Bonchev–Trinajstić information content (AvgIpc) is 2.62. The standard InChI is InChI=1S/C19H19N2O2S/c1-16-11-13-18(14-12-16)24(22,23)20(2)21-15-7-6-10-19(21)17-8-4-3-5-9-17/h3-15H,1-2H3/q+1. The molecule has 0 radical (unpaired) electrons. The summed E-state index contributed by atoms with van der Waals surface area (Å²) in [4.78, 5) is 0.269. The Kier molecular flexibility index (Phi) is 4.36. The number of sulfonamides is 1. The monoisotopic (exact) mass is 339 g/mol. The first kappa shape index (κ1) is 16.2. The van der Waals surface area contributed by atoms with Gasteiger partial charge >= 0.3 is 10.0 Å². The molecule has 1 aromatic heterocycles. The van der Waals surface area contributed by atoms with Crippen molar-refractivity contribution in [2.24, 2.45) is 0 Å². The van der Waals surface area contributed by atoms with E-state index in [0.717, 1.165) is 16.8 Å². The van der Waals surface area contributed by atoms with Gasteiger partial charge in [-0.25, -0.2) is 0 Å². The average molecular weight is 339 g/mol. The van der Waals surface area contributed by atoms with Gasteiger partial charge in [-0.1, -0.05) is 45.0 Å². The van der Waals surface area contributed by atoms with E-state index in [4.69, 9.17) is 0 Å². The smallest absolute Gasteiger partial charge is 0.196 e. The molecule has 0 N–H and O–H groups in total. The van der Waals surface area contributed by atoms with E-state index >= 15 is 0 Å². The molecule has 1 heterocycles. The number of hydrogen-bond donors (Lipinski definition) is 0. The van der Waals surface area contributed by atoms with Gasteiger partial charge in [0.05, 0.1) is 11.9 Å². The highest BCUT2D eigenvalue weighted by Crippen LogP contribution is 2.17. The summed E-state index contributed by atoms with van der Waals surface area (Å²) in [6, 6.07) is 22.2. The lowest BCUT2D eigenvalue weighted by Crippen LogP contribution is -2.59. The Morgan fingerprint density at radius 1 is 0.833 bits per heavy atom. The molecule has 0 amide bonds. The topological polar surface area (TPSA) is 41.3 Å². The summed E-state index contributed by atoms with van der Waals surface area (Å²) in [7, 11) is -2.09. The van der Waals surface area contributed by atoms with E-state index in [9.17, 15) is 8.42 Å². The number of hydrogen-bond acceptors (Lipinski definition) is 2. The zero-order chi connectivity index (χ0) is 17.2. The van der Waals surface area contributed by atoms with E-state index < -0.39 is 10.0 Å². The van der Waals surface area contributed by atoms with Crippen molar-refractivity contribution in [1.29, 1.82) is 0 Å². The van der Waals surface area contributed by atoms with E-state index in [1.54, 1.807) is 42.2 Å². The number of nitrogens with zero attached hydrogens (tertiary/aromatic N) is 2. The Hall–Kier alpha value is -2.66. The van der Waals surface area contributed by atoms with Crippen LogP contribution in [0.4, 0.5) is 0 Å². The van der Waals surface area contributed by atoms with Gasteiger partial charge in [0.25, 0.3) is 0 Å². The van der Waals surface area contributed by atoms with E-state index in [0.29, 0.717) is 0 Å². The van der Waals surface area contributed by atoms with E-state index in [1.807, 2.05) is 55.5 Å². The van der Waals surface area contributed by atoms with Crippen molar-refractivity contribution in [1.82, 2.24) is 0 Å². The first-order chi connectivity index (χ1) is 11.5. The predicted molar refractivity (Wildman–Crippen MR) is 94.6 cm³/mol. The molecule has 0 saturated carbocycles. The third kappa shape index (κ3) is 3.03. The molecule has 3 aromatic rings. The quantitative estimate of drug-likeness (QED) is 0.686. The fourth-order valence-electron chi connectivity index (χ4n) is 2.50. The van der Waals surface area contributed by atoms with Crippen LogP contribution in [0.5, 0.6) is 0 Å². The molecule has 0 aliphatic rings. The largest absolute Gasteiger partial charge is 0.308 e. The number of benzene rings is 2. The van der Waals surface area contributed by atoms with Crippen molar-refractivity contribution in [3.8, 4) is 11.3 Å². The number of pyridine rings is 1. The molecule has 24 heavy (non-hydrogen) atoms. The summed E-state index contributed by atoms with van der Waals surface area (Å²) >= 11 is 0. The summed E-state index contributed by atoms with van der Waals surface area (Å²) in [5, 5.41) is 0. The minimum Gasteiger partial charge on any atom is -0.196 e. The van der Waals surface area contributed by atoms with Crippen LogP contribution in [0.15, 0.2) is 83.9 Å². The summed E-state index contributed by atoms with van der Waals surface area (Å²) in [5.74, 6) is 0. The van der Waals surface area contributed by atoms with Crippen LogP contribution in [0.1, 0.15) is 5.56 Å². The highest BCUT2D eigenvalue weighted by molar-refractivity contribution is 7.92. The SMILES string of the molecule is Cc1ccc(S(=O)(=O)N(C)[n+]2ccccc2-c2ccccc2)cc1. The second-order valence-electron chi connectivity index (χ2n) is 5.55. The molecule has 0 spiro atoms. The Morgan fingerprint density at radius 3 is 2.12 bits per heavy atom. The normalized spacial score (nSPS) is 11.2. The zero-order valence-electron chi connectivity index (χ0n) is 13.6. The Balaban J connectivity index is 2.08. The van der Waals surface area contributed by atoms with Crippen LogP contribution in [-0.4, -0.2) is 15.5 Å². The third-order valence-electron chi connectivity index (χ3n) is 3.88. The molecule has 0 aliphatic heterocycles. The summed E-state index contributed by atoms with van der Waals surface area (Å²) < 4.78 is 28.8. The molecule has 5 heteroatoms. The summed E-state index contributed by atoms with van der Waals surface area (Å²) in [5.41, 5.74) is 2.77.